The fraction of sp³-hybridized carbons (Fsp3) is 0.786. The number of rotatable bonds is 3. The van der Waals surface area contributed by atoms with E-state index in [9.17, 15) is 5.11 Å². The van der Waals surface area contributed by atoms with Gasteiger partial charge in [0.05, 0.1) is 6.10 Å². The van der Waals surface area contributed by atoms with Gasteiger partial charge >= 0.3 is 0 Å². The van der Waals surface area contributed by atoms with Gasteiger partial charge in [0.25, 0.3) is 0 Å². The van der Waals surface area contributed by atoms with Crippen LogP contribution in [0.5, 0.6) is 0 Å². The zero-order valence-electron chi connectivity index (χ0n) is 20.1. The van der Waals surface area contributed by atoms with E-state index in [1.165, 1.54) is 50.5 Å². The highest BCUT2D eigenvalue weighted by atomic mass is 16.3. The minimum absolute atomic E-state index is 0.0394. The van der Waals surface area contributed by atoms with Crippen LogP contribution < -0.4 is 0 Å². The molecule has 0 bridgehead atoms. The van der Waals surface area contributed by atoms with Gasteiger partial charge in [-0.2, -0.15) is 0 Å². The molecule has 4 aliphatic rings. The molecule has 29 heavy (non-hydrogen) atoms. The van der Waals surface area contributed by atoms with Gasteiger partial charge in [0.15, 0.2) is 0 Å². The van der Waals surface area contributed by atoms with E-state index < -0.39 is 0 Å². The predicted molar refractivity (Wildman–Crippen MR) is 124 cm³/mol. The van der Waals surface area contributed by atoms with Crippen LogP contribution in [0.15, 0.2) is 34.4 Å². The van der Waals surface area contributed by atoms with E-state index in [2.05, 4.69) is 60.6 Å². The molecule has 1 heteroatoms. The summed E-state index contributed by atoms with van der Waals surface area (Å²) in [4.78, 5) is 0. The van der Waals surface area contributed by atoms with Crippen LogP contribution in [0.4, 0.5) is 0 Å². The lowest BCUT2D eigenvalue weighted by molar-refractivity contribution is -0.0905. The van der Waals surface area contributed by atoms with Crippen molar-refractivity contribution >= 4 is 0 Å². The summed E-state index contributed by atoms with van der Waals surface area (Å²) < 4.78 is 0. The molecule has 0 spiro atoms. The average molecular weight is 397 g/mol. The second kappa shape index (κ2) is 7.11. The molecule has 1 nitrogen and oxygen atoms in total. The highest BCUT2D eigenvalue weighted by molar-refractivity contribution is 5.49. The first kappa shape index (κ1) is 21.4. The van der Waals surface area contributed by atoms with E-state index in [1.54, 1.807) is 16.7 Å². The molecular weight excluding hydrogens is 352 g/mol. The van der Waals surface area contributed by atoms with Crippen molar-refractivity contribution in [2.24, 2.45) is 34.0 Å². The van der Waals surface area contributed by atoms with Gasteiger partial charge in [-0.3, -0.25) is 0 Å². The standard InChI is InChI=1S/C28H44O/c1-18(2)8-9-19(3)21-11-12-22-20-10-13-24-26(4,5)25(29)15-17-28(24,7)23(20)14-16-27(21,22)6/h8,12,19,21,24-25,29H,9-11,13-17H2,1-7H3/t19-,21-,24?,25+,27-,28-/m1/s1. The highest BCUT2D eigenvalue weighted by Gasteiger charge is 2.57. The summed E-state index contributed by atoms with van der Waals surface area (Å²) in [6.45, 7) is 16.7. The van der Waals surface area contributed by atoms with Crippen molar-refractivity contribution in [1.82, 2.24) is 0 Å². The monoisotopic (exact) mass is 396 g/mol. The third kappa shape index (κ3) is 3.13. The molecule has 0 aromatic heterocycles. The summed E-state index contributed by atoms with van der Waals surface area (Å²) in [5.74, 6) is 2.16. The number of aliphatic hydroxyl groups excluding tert-OH is 1. The minimum atomic E-state index is -0.136. The Morgan fingerprint density at radius 1 is 1.10 bits per heavy atom. The number of aliphatic hydroxyl groups is 1. The first-order valence-corrected chi connectivity index (χ1v) is 12.3. The highest BCUT2D eigenvalue weighted by Crippen LogP contribution is 2.66. The average Bonchev–Trinajstić information content (AvgIpc) is 3.00. The second-order valence-electron chi connectivity index (χ2n) is 12.2. The Balaban J connectivity index is 1.66. The summed E-state index contributed by atoms with van der Waals surface area (Å²) in [5.41, 5.74) is 7.44. The number of allylic oxidation sites excluding steroid dienone is 6. The lowest BCUT2D eigenvalue weighted by Gasteiger charge is -2.59. The minimum Gasteiger partial charge on any atom is -0.393 e. The summed E-state index contributed by atoms with van der Waals surface area (Å²) >= 11 is 0. The van der Waals surface area contributed by atoms with Gasteiger partial charge in [-0.15, -0.1) is 0 Å². The Morgan fingerprint density at radius 3 is 2.52 bits per heavy atom. The van der Waals surface area contributed by atoms with E-state index in [1.807, 2.05) is 0 Å². The van der Waals surface area contributed by atoms with Crippen LogP contribution in [0.1, 0.15) is 99.8 Å². The Hall–Kier alpha value is -0.820. The van der Waals surface area contributed by atoms with Crippen LogP contribution in [0.25, 0.3) is 0 Å². The topological polar surface area (TPSA) is 20.2 Å². The van der Waals surface area contributed by atoms with E-state index >= 15 is 0 Å². The summed E-state index contributed by atoms with van der Waals surface area (Å²) in [5, 5.41) is 10.7. The van der Waals surface area contributed by atoms with Gasteiger partial charge < -0.3 is 5.11 Å². The molecule has 1 saturated carbocycles. The summed E-state index contributed by atoms with van der Waals surface area (Å²) in [6, 6.07) is 0. The maximum Gasteiger partial charge on any atom is 0.0594 e. The van der Waals surface area contributed by atoms with Gasteiger partial charge in [-0.25, -0.2) is 0 Å². The summed E-state index contributed by atoms with van der Waals surface area (Å²) in [7, 11) is 0. The van der Waals surface area contributed by atoms with Gasteiger partial charge in [-0.05, 0) is 110 Å². The van der Waals surface area contributed by atoms with Crippen molar-refractivity contribution in [3.8, 4) is 0 Å². The van der Waals surface area contributed by atoms with E-state index in [0.717, 1.165) is 18.3 Å². The van der Waals surface area contributed by atoms with Crippen molar-refractivity contribution < 1.29 is 5.11 Å². The van der Waals surface area contributed by atoms with Crippen molar-refractivity contribution in [1.29, 1.82) is 0 Å². The molecule has 0 aromatic rings. The zero-order valence-corrected chi connectivity index (χ0v) is 20.1. The third-order valence-electron chi connectivity index (χ3n) is 10.0. The third-order valence-corrected chi connectivity index (χ3v) is 10.0. The molecule has 1 N–H and O–H groups in total. The Bertz CT molecular complexity index is 761. The van der Waals surface area contributed by atoms with Crippen LogP contribution >= 0.6 is 0 Å². The van der Waals surface area contributed by atoms with Crippen LogP contribution in [0, 0.1) is 34.0 Å². The lowest BCUT2D eigenvalue weighted by atomic mass is 9.46. The summed E-state index contributed by atoms with van der Waals surface area (Å²) in [6.07, 6.45) is 14.7. The molecule has 0 heterocycles. The number of hydrogen-bond donors (Lipinski definition) is 1. The molecule has 162 valence electrons. The smallest absolute Gasteiger partial charge is 0.0594 e. The lowest BCUT2D eigenvalue weighted by Crippen LogP contribution is -2.53. The fourth-order valence-corrected chi connectivity index (χ4v) is 8.16. The van der Waals surface area contributed by atoms with Crippen molar-refractivity contribution in [3.63, 3.8) is 0 Å². The number of fused-ring (bicyclic) bond motifs is 4. The Labute approximate surface area is 179 Å². The quantitative estimate of drug-likeness (QED) is 0.486. The molecule has 1 fully saturated rings. The maximum atomic E-state index is 10.7. The van der Waals surface area contributed by atoms with Crippen LogP contribution in [0.2, 0.25) is 0 Å². The first-order valence-electron chi connectivity index (χ1n) is 12.3. The van der Waals surface area contributed by atoms with Crippen molar-refractivity contribution in [2.45, 2.75) is 106 Å². The van der Waals surface area contributed by atoms with E-state index in [0.29, 0.717) is 16.7 Å². The first-order chi connectivity index (χ1) is 13.5. The van der Waals surface area contributed by atoms with E-state index in [-0.39, 0.29) is 11.5 Å². The SMILES string of the molecule is CC(C)=CC[C@@H](C)[C@H]1CC=C2C3=C(CC[C@@]21C)[C@@]1(C)CC[C@H](O)C(C)(C)C1CC3. The van der Waals surface area contributed by atoms with E-state index in [4.69, 9.17) is 0 Å². The maximum absolute atomic E-state index is 10.7. The van der Waals surface area contributed by atoms with Gasteiger partial charge in [0.1, 0.15) is 0 Å². The predicted octanol–water partition coefficient (Wildman–Crippen LogP) is 7.62. The van der Waals surface area contributed by atoms with Gasteiger partial charge in [-0.1, -0.05) is 57.9 Å². The zero-order chi connectivity index (χ0) is 21.2. The Kier molecular flexibility index (Phi) is 5.25. The molecule has 0 saturated heterocycles. The second-order valence-corrected chi connectivity index (χ2v) is 12.2. The largest absolute Gasteiger partial charge is 0.393 e. The molecule has 1 unspecified atom stereocenters. The van der Waals surface area contributed by atoms with Crippen molar-refractivity contribution in [3.05, 3.63) is 34.4 Å². The van der Waals surface area contributed by atoms with Crippen LogP contribution in [0.3, 0.4) is 0 Å². The van der Waals surface area contributed by atoms with Gasteiger partial charge in [0.2, 0.25) is 0 Å². The molecule has 6 atom stereocenters. The van der Waals surface area contributed by atoms with Crippen molar-refractivity contribution in [2.75, 3.05) is 0 Å². The molecule has 0 radical (unpaired) electrons. The molecule has 0 aromatic carbocycles. The molecule has 4 aliphatic carbocycles. The fourth-order valence-electron chi connectivity index (χ4n) is 8.16. The van der Waals surface area contributed by atoms with Crippen LogP contribution in [-0.4, -0.2) is 11.2 Å². The van der Waals surface area contributed by atoms with Gasteiger partial charge in [0, 0.05) is 0 Å². The Morgan fingerprint density at radius 2 is 1.83 bits per heavy atom. The van der Waals surface area contributed by atoms with Crippen LogP contribution in [-0.2, 0) is 0 Å². The molecule has 0 aliphatic heterocycles. The molecular formula is C28H44O. The number of hydrogen-bond acceptors (Lipinski definition) is 1. The normalized spacial score (nSPS) is 41.8. The molecule has 4 rings (SSSR count). The molecule has 0 amide bonds.